The molecule has 0 aromatic heterocycles. The van der Waals surface area contributed by atoms with E-state index in [0.29, 0.717) is 12.0 Å². The summed E-state index contributed by atoms with van der Waals surface area (Å²) < 4.78 is 10.8. The van der Waals surface area contributed by atoms with Gasteiger partial charge in [-0.05, 0) is 64.8 Å². The van der Waals surface area contributed by atoms with E-state index in [1.165, 1.54) is 0 Å². The Balaban J connectivity index is 1.88. The van der Waals surface area contributed by atoms with Gasteiger partial charge in [-0.25, -0.2) is 20.0 Å². The van der Waals surface area contributed by atoms with Crippen LogP contribution >= 0.6 is 0 Å². The molecule has 0 saturated heterocycles. The molecule has 176 valence electrons. The summed E-state index contributed by atoms with van der Waals surface area (Å²) in [6.07, 6.45) is 2.45. The molecule has 1 aliphatic rings. The van der Waals surface area contributed by atoms with Gasteiger partial charge in [0.15, 0.2) is 5.78 Å². The van der Waals surface area contributed by atoms with Gasteiger partial charge in [0.25, 0.3) is 0 Å². The van der Waals surface area contributed by atoms with Gasteiger partial charge in [-0.2, -0.15) is 0 Å². The van der Waals surface area contributed by atoms with E-state index in [9.17, 15) is 14.4 Å². The zero-order chi connectivity index (χ0) is 24.4. The lowest BCUT2D eigenvalue weighted by Crippen LogP contribution is -2.56. The first-order valence-corrected chi connectivity index (χ1v) is 11.1. The summed E-state index contributed by atoms with van der Waals surface area (Å²) in [5.41, 5.74) is 1.51. The summed E-state index contributed by atoms with van der Waals surface area (Å²) >= 11 is 0. The van der Waals surface area contributed by atoms with Crippen LogP contribution in [0.5, 0.6) is 0 Å². The first kappa shape index (κ1) is 24.3. The molecule has 2 aromatic rings. The lowest BCUT2D eigenvalue weighted by atomic mass is 9.92. The lowest BCUT2D eigenvalue weighted by Gasteiger charge is -2.34. The maximum absolute atomic E-state index is 13.5. The van der Waals surface area contributed by atoms with E-state index in [2.05, 4.69) is 5.43 Å². The third-order valence-electron chi connectivity index (χ3n) is 5.00. The van der Waals surface area contributed by atoms with Crippen molar-refractivity contribution in [1.82, 2.24) is 10.4 Å². The van der Waals surface area contributed by atoms with Gasteiger partial charge in [-0.15, -0.1) is 0 Å². The Labute approximate surface area is 194 Å². The first-order valence-electron chi connectivity index (χ1n) is 11.1. The molecule has 0 bridgehead atoms. The van der Waals surface area contributed by atoms with Crippen LogP contribution in [0.1, 0.15) is 58.3 Å². The van der Waals surface area contributed by atoms with Crippen LogP contribution in [0.15, 0.2) is 54.6 Å². The fourth-order valence-corrected chi connectivity index (χ4v) is 3.68. The van der Waals surface area contributed by atoms with Crippen LogP contribution in [0, 0.1) is 5.92 Å². The molecule has 7 nitrogen and oxygen atoms in total. The van der Waals surface area contributed by atoms with E-state index in [4.69, 9.17) is 9.47 Å². The predicted molar refractivity (Wildman–Crippen MR) is 127 cm³/mol. The van der Waals surface area contributed by atoms with Crippen molar-refractivity contribution >= 4 is 28.7 Å². The van der Waals surface area contributed by atoms with Crippen LogP contribution in [0.3, 0.4) is 0 Å². The minimum Gasteiger partial charge on any atom is -0.443 e. The van der Waals surface area contributed by atoms with Crippen LogP contribution in [0.4, 0.5) is 9.59 Å². The van der Waals surface area contributed by atoms with Crippen LogP contribution in [0.2, 0.25) is 0 Å². The number of nitrogens with one attached hydrogen (secondary N) is 1. The number of ketones is 1. The van der Waals surface area contributed by atoms with Crippen LogP contribution in [-0.2, 0) is 9.47 Å². The summed E-state index contributed by atoms with van der Waals surface area (Å²) in [4.78, 5) is 39.0. The molecule has 1 N–H and O–H groups in total. The number of carbonyl (C=O) groups excluding carboxylic acids is 3. The summed E-state index contributed by atoms with van der Waals surface area (Å²) in [6.45, 7) is 10.4. The van der Waals surface area contributed by atoms with Crippen molar-refractivity contribution in [1.29, 1.82) is 0 Å². The summed E-state index contributed by atoms with van der Waals surface area (Å²) in [5, 5.41) is 3.08. The second-order valence-corrected chi connectivity index (χ2v) is 10.1. The zero-order valence-corrected chi connectivity index (χ0v) is 20.0. The number of benzene rings is 2. The lowest BCUT2D eigenvalue weighted by molar-refractivity contribution is -0.0120. The van der Waals surface area contributed by atoms with Gasteiger partial charge in [0.2, 0.25) is 0 Å². The second kappa shape index (κ2) is 9.25. The van der Waals surface area contributed by atoms with Gasteiger partial charge in [-0.1, -0.05) is 48.6 Å². The number of hydrogen-bond donors (Lipinski definition) is 1. The monoisotopic (exact) mass is 452 g/mol. The van der Waals surface area contributed by atoms with Crippen LogP contribution in [0.25, 0.3) is 10.8 Å². The molecule has 0 radical (unpaired) electrons. The highest BCUT2D eigenvalue weighted by Crippen LogP contribution is 2.29. The molecule has 0 heterocycles. The number of ether oxygens (including phenoxy) is 2. The van der Waals surface area contributed by atoms with Crippen molar-refractivity contribution in [3.63, 3.8) is 0 Å². The minimum absolute atomic E-state index is 0.140. The molecule has 0 spiro atoms. The number of amides is 2. The molecule has 2 aromatic carbocycles. The molecule has 1 aliphatic carbocycles. The van der Waals surface area contributed by atoms with Gasteiger partial charge in [0.1, 0.15) is 11.2 Å². The highest BCUT2D eigenvalue weighted by Gasteiger charge is 2.40. The largest absolute Gasteiger partial charge is 0.443 e. The van der Waals surface area contributed by atoms with Crippen molar-refractivity contribution in [3.05, 3.63) is 60.2 Å². The van der Waals surface area contributed by atoms with E-state index in [-0.39, 0.29) is 5.78 Å². The molecule has 3 rings (SSSR count). The molecule has 0 saturated carbocycles. The Hall–Kier alpha value is -3.35. The topological polar surface area (TPSA) is 84.9 Å². The van der Waals surface area contributed by atoms with Gasteiger partial charge >= 0.3 is 12.2 Å². The average molecular weight is 453 g/mol. The molecule has 0 aliphatic heterocycles. The number of hydrazine groups is 1. The summed E-state index contributed by atoms with van der Waals surface area (Å²) in [5.74, 6) is -0.785. The van der Waals surface area contributed by atoms with Crippen molar-refractivity contribution in [3.8, 4) is 0 Å². The molecular weight excluding hydrogens is 420 g/mol. The van der Waals surface area contributed by atoms with Gasteiger partial charge in [0.05, 0.1) is 12.0 Å². The SMILES string of the molecule is CC(C)(C)OC(=O)NN(C(=O)OC(C)(C)C)[C@H]1CC=C[C@@H]1C(=O)c1ccc2ccccc2c1. The van der Waals surface area contributed by atoms with Crippen molar-refractivity contribution in [2.24, 2.45) is 5.92 Å². The molecule has 7 heteroatoms. The third kappa shape index (κ3) is 6.34. The third-order valence-corrected chi connectivity index (χ3v) is 5.00. The van der Waals surface area contributed by atoms with Crippen molar-refractivity contribution in [2.45, 2.75) is 65.2 Å². The second-order valence-electron chi connectivity index (χ2n) is 10.1. The van der Waals surface area contributed by atoms with E-state index in [1.807, 2.05) is 42.5 Å². The maximum Gasteiger partial charge on any atom is 0.429 e. The van der Waals surface area contributed by atoms with Crippen LogP contribution in [-0.4, -0.2) is 40.2 Å². The minimum atomic E-state index is -0.794. The Bertz CT molecular complexity index is 1080. The Morgan fingerprint density at radius 1 is 0.909 bits per heavy atom. The molecule has 0 unspecified atom stereocenters. The number of fused-ring (bicyclic) bond motifs is 1. The number of nitrogens with zero attached hydrogens (tertiary/aromatic N) is 1. The Morgan fingerprint density at radius 3 is 2.18 bits per heavy atom. The molecular formula is C26H32N2O5. The molecule has 0 fully saturated rings. The number of carbonyl (C=O) groups is 3. The standard InChI is InChI=1S/C26H32N2O5/c1-25(2,3)32-23(30)27-28(24(31)33-26(4,5)6)21-13-9-12-20(21)22(29)19-15-14-17-10-7-8-11-18(17)16-19/h7-12,14-16,20-21H,13H2,1-6H3,(H,27,30)/t20-,21-/m0/s1. The Morgan fingerprint density at radius 2 is 1.55 bits per heavy atom. The van der Waals surface area contributed by atoms with Crippen LogP contribution < -0.4 is 5.43 Å². The molecule has 2 amide bonds. The predicted octanol–water partition coefficient (Wildman–Crippen LogP) is 5.64. The smallest absolute Gasteiger partial charge is 0.429 e. The van der Waals surface area contributed by atoms with E-state index in [0.717, 1.165) is 15.8 Å². The van der Waals surface area contributed by atoms with E-state index < -0.39 is 35.3 Å². The zero-order valence-electron chi connectivity index (χ0n) is 20.0. The van der Waals surface area contributed by atoms with Crippen molar-refractivity contribution < 1.29 is 23.9 Å². The normalized spacial score (nSPS) is 18.1. The number of rotatable bonds is 3. The van der Waals surface area contributed by atoms with Gasteiger partial charge < -0.3 is 9.47 Å². The average Bonchev–Trinajstić information content (AvgIpc) is 3.17. The van der Waals surface area contributed by atoms with E-state index >= 15 is 0 Å². The molecule has 33 heavy (non-hydrogen) atoms. The molecule has 2 atom stereocenters. The number of hydrogen-bond acceptors (Lipinski definition) is 5. The highest BCUT2D eigenvalue weighted by molar-refractivity contribution is 6.03. The quantitative estimate of drug-likeness (QED) is 0.370. The first-order chi connectivity index (χ1) is 15.3. The summed E-state index contributed by atoms with van der Waals surface area (Å²) in [6, 6.07) is 12.7. The van der Waals surface area contributed by atoms with Gasteiger partial charge in [0, 0.05) is 5.56 Å². The fraction of sp³-hybridized carbons (Fsp3) is 0.423. The Kier molecular flexibility index (Phi) is 6.81. The highest BCUT2D eigenvalue weighted by atomic mass is 16.6. The maximum atomic E-state index is 13.5. The number of Topliss-reactive ketones (excluding diaryl/α,β-unsaturated/α-hetero) is 1. The summed E-state index contributed by atoms with van der Waals surface area (Å²) in [7, 11) is 0. The fourth-order valence-electron chi connectivity index (χ4n) is 3.68. The van der Waals surface area contributed by atoms with Crippen molar-refractivity contribution in [2.75, 3.05) is 0 Å². The van der Waals surface area contributed by atoms with Gasteiger partial charge in [-0.3, -0.25) is 4.79 Å². The van der Waals surface area contributed by atoms with E-state index in [1.54, 1.807) is 53.7 Å².